The third-order valence-electron chi connectivity index (χ3n) is 4.28. The number of hydrogen-bond donors (Lipinski definition) is 2. The Labute approximate surface area is 150 Å². The fourth-order valence-electron chi connectivity index (χ4n) is 2.77. The molecule has 25 heavy (non-hydrogen) atoms. The summed E-state index contributed by atoms with van der Waals surface area (Å²) in [6.45, 7) is 8.67. The fraction of sp³-hybridized carbons (Fsp3) is 0.381. The van der Waals surface area contributed by atoms with E-state index >= 15 is 0 Å². The molecule has 0 aliphatic heterocycles. The maximum atomic E-state index is 11.1. The summed E-state index contributed by atoms with van der Waals surface area (Å²) in [6, 6.07) is 13.3. The van der Waals surface area contributed by atoms with Gasteiger partial charge in [0.05, 0.1) is 6.04 Å². The van der Waals surface area contributed by atoms with Gasteiger partial charge < -0.3 is 16.2 Å². The van der Waals surface area contributed by atoms with Gasteiger partial charge in [-0.2, -0.15) is 0 Å². The van der Waals surface area contributed by atoms with Crippen molar-refractivity contribution in [3.63, 3.8) is 0 Å². The molecule has 0 heterocycles. The molecular formula is C21H28N2O2. The van der Waals surface area contributed by atoms with Gasteiger partial charge in [0, 0.05) is 0 Å². The molecule has 0 fully saturated rings. The van der Waals surface area contributed by atoms with Crippen LogP contribution < -0.4 is 16.2 Å². The second kappa shape index (κ2) is 8.17. The first kappa shape index (κ1) is 19.0. The summed E-state index contributed by atoms with van der Waals surface area (Å²) in [6.07, 6.45) is 0.426. The van der Waals surface area contributed by atoms with Crippen molar-refractivity contribution in [3.05, 3.63) is 59.2 Å². The standard InChI is InChI=1S/C21H28N2O2/c1-13(2)17-6-5-7-18(14(3)4)20(17)25-16-10-8-15(9-11-16)12-19(22)21(23)24/h5-11,13-14,19H,12,22H2,1-4H3,(H2,23,24)/t19-/m1/s1. The lowest BCUT2D eigenvalue weighted by Crippen LogP contribution is -2.38. The lowest BCUT2D eigenvalue weighted by molar-refractivity contribution is -0.119. The molecule has 4 N–H and O–H groups in total. The van der Waals surface area contributed by atoms with Crippen LogP contribution in [0.5, 0.6) is 11.5 Å². The second-order valence-corrected chi connectivity index (χ2v) is 7.03. The highest BCUT2D eigenvalue weighted by Crippen LogP contribution is 2.37. The van der Waals surface area contributed by atoms with E-state index in [1.165, 1.54) is 11.1 Å². The molecular weight excluding hydrogens is 312 g/mol. The predicted octanol–water partition coefficient (Wildman–Crippen LogP) is 4.08. The summed E-state index contributed by atoms with van der Waals surface area (Å²) < 4.78 is 6.25. The van der Waals surface area contributed by atoms with Crippen LogP contribution in [0.4, 0.5) is 0 Å². The number of carbonyl (C=O) groups excluding carboxylic acids is 1. The van der Waals surface area contributed by atoms with Crippen molar-refractivity contribution in [2.24, 2.45) is 11.5 Å². The Balaban J connectivity index is 2.26. The number of hydrogen-bond acceptors (Lipinski definition) is 3. The Bertz CT molecular complexity index is 695. The monoisotopic (exact) mass is 340 g/mol. The molecule has 2 rings (SSSR count). The molecule has 0 aliphatic carbocycles. The van der Waals surface area contributed by atoms with Crippen molar-refractivity contribution in [2.75, 3.05) is 0 Å². The Morgan fingerprint density at radius 2 is 1.48 bits per heavy atom. The largest absolute Gasteiger partial charge is 0.457 e. The van der Waals surface area contributed by atoms with Gasteiger partial charge in [-0.15, -0.1) is 0 Å². The SMILES string of the molecule is CC(C)c1cccc(C(C)C)c1Oc1ccc(C[C@@H](N)C(N)=O)cc1. The van der Waals surface area contributed by atoms with Gasteiger partial charge in [-0.1, -0.05) is 58.0 Å². The van der Waals surface area contributed by atoms with Crippen molar-refractivity contribution < 1.29 is 9.53 Å². The maximum Gasteiger partial charge on any atom is 0.234 e. The van der Waals surface area contributed by atoms with Crippen LogP contribution >= 0.6 is 0 Å². The molecule has 2 aromatic rings. The normalized spacial score (nSPS) is 12.4. The maximum absolute atomic E-state index is 11.1. The second-order valence-electron chi connectivity index (χ2n) is 7.03. The van der Waals surface area contributed by atoms with Crippen molar-refractivity contribution in [3.8, 4) is 11.5 Å². The molecule has 2 aromatic carbocycles. The van der Waals surface area contributed by atoms with Gasteiger partial charge in [-0.25, -0.2) is 0 Å². The Hall–Kier alpha value is -2.33. The predicted molar refractivity (Wildman–Crippen MR) is 102 cm³/mol. The van der Waals surface area contributed by atoms with E-state index in [0.29, 0.717) is 18.3 Å². The molecule has 0 spiro atoms. The minimum absolute atomic E-state index is 0.376. The summed E-state index contributed by atoms with van der Waals surface area (Å²) in [7, 11) is 0. The van der Waals surface area contributed by atoms with Gasteiger partial charge in [0.15, 0.2) is 0 Å². The van der Waals surface area contributed by atoms with Crippen LogP contribution in [0.3, 0.4) is 0 Å². The molecule has 1 atom stereocenters. The van der Waals surface area contributed by atoms with Crippen molar-refractivity contribution in [1.82, 2.24) is 0 Å². The van der Waals surface area contributed by atoms with Gasteiger partial charge in [-0.3, -0.25) is 4.79 Å². The lowest BCUT2D eigenvalue weighted by atomic mass is 9.94. The molecule has 0 aromatic heterocycles. The number of benzene rings is 2. The number of para-hydroxylation sites is 1. The topological polar surface area (TPSA) is 78.3 Å². The van der Waals surface area contributed by atoms with E-state index in [0.717, 1.165) is 17.1 Å². The first-order valence-corrected chi connectivity index (χ1v) is 8.74. The van der Waals surface area contributed by atoms with E-state index < -0.39 is 11.9 Å². The molecule has 0 saturated heterocycles. The van der Waals surface area contributed by atoms with Gasteiger partial charge in [0.2, 0.25) is 5.91 Å². The van der Waals surface area contributed by atoms with Crippen LogP contribution in [-0.2, 0) is 11.2 Å². The average Bonchev–Trinajstić information content (AvgIpc) is 2.56. The highest BCUT2D eigenvalue weighted by atomic mass is 16.5. The van der Waals surface area contributed by atoms with E-state index in [1.807, 2.05) is 24.3 Å². The van der Waals surface area contributed by atoms with E-state index in [2.05, 4.69) is 45.9 Å². The fourth-order valence-corrected chi connectivity index (χ4v) is 2.77. The van der Waals surface area contributed by atoms with Crippen LogP contribution in [0.25, 0.3) is 0 Å². The average molecular weight is 340 g/mol. The Morgan fingerprint density at radius 3 is 1.92 bits per heavy atom. The first-order valence-electron chi connectivity index (χ1n) is 8.74. The Kier molecular flexibility index (Phi) is 6.21. The van der Waals surface area contributed by atoms with Crippen molar-refractivity contribution in [2.45, 2.75) is 52.0 Å². The molecule has 0 radical (unpaired) electrons. The summed E-state index contributed by atoms with van der Waals surface area (Å²) in [5, 5.41) is 0. The molecule has 0 bridgehead atoms. The number of amides is 1. The highest BCUT2D eigenvalue weighted by molar-refractivity contribution is 5.79. The zero-order valence-electron chi connectivity index (χ0n) is 15.5. The molecule has 134 valence electrons. The highest BCUT2D eigenvalue weighted by Gasteiger charge is 2.16. The molecule has 4 nitrogen and oxygen atoms in total. The zero-order chi connectivity index (χ0) is 18.6. The Morgan fingerprint density at radius 1 is 0.960 bits per heavy atom. The number of nitrogens with two attached hydrogens (primary N) is 2. The van der Waals surface area contributed by atoms with Crippen molar-refractivity contribution in [1.29, 1.82) is 0 Å². The number of rotatable bonds is 7. The van der Waals surface area contributed by atoms with Crippen LogP contribution in [0, 0.1) is 0 Å². The van der Waals surface area contributed by atoms with Crippen LogP contribution in [-0.4, -0.2) is 11.9 Å². The first-order chi connectivity index (χ1) is 11.8. The third kappa shape index (κ3) is 4.83. The van der Waals surface area contributed by atoms with Crippen LogP contribution in [0.15, 0.2) is 42.5 Å². The summed E-state index contributed by atoms with van der Waals surface area (Å²) in [5.74, 6) is 1.97. The van der Waals surface area contributed by atoms with Crippen LogP contribution in [0.1, 0.15) is 56.2 Å². The minimum atomic E-state index is -0.666. The van der Waals surface area contributed by atoms with Gasteiger partial charge in [-0.05, 0) is 47.1 Å². The number of primary amides is 1. The van der Waals surface area contributed by atoms with E-state index in [1.54, 1.807) is 0 Å². The zero-order valence-corrected chi connectivity index (χ0v) is 15.5. The number of carbonyl (C=O) groups is 1. The van der Waals surface area contributed by atoms with E-state index in [9.17, 15) is 4.79 Å². The summed E-state index contributed by atoms with van der Waals surface area (Å²) in [5.41, 5.74) is 14.3. The molecule has 0 unspecified atom stereocenters. The van der Waals surface area contributed by atoms with Gasteiger partial charge >= 0.3 is 0 Å². The van der Waals surface area contributed by atoms with Gasteiger partial charge in [0.25, 0.3) is 0 Å². The van der Waals surface area contributed by atoms with Crippen molar-refractivity contribution >= 4 is 5.91 Å². The molecule has 1 amide bonds. The summed E-state index contributed by atoms with van der Waals surface area (Å²) >= 11 is 0. The molecule has 4 heteroatoms. The van der Waals surface area contributed by atoms with E-state index in [4.69, 9.17) is 16.2 Å². The number of ether oxygens (including phenoxy) is 1. The van der Waals surface area contributed by atoms with Gasteiger partial charge in [0.1, 0.15) is 11.5 Å². The van der Waals surface area contributed by atoms with E-state index in [-0.39, 0.29) is 0 Å². The smallest absolute Gasteiger partial charge is 0.234 e. The minimum Gasteiger partial charge on any atom is -0.457 e. The van der Waals surface area contributed by atoms with Crippen LogP contribution in [0.2, 0.25) is 0 Å². The quantitative estimate of drug-likeness (QED) is 0.797. The third-order valence-corrected chi connectivity index (χ3v) is 4.28. The molecule has 0 aliphatic rings. The lowest BCUT2D eigenvalue weighted by Gasteiger charge is -2.20. The summed E-state index contributed by atoms with van der Waals surface area (Å²) in [4.78, 5) is 11.1. The molecule has 0 saturated carbocycles.